The summed E-state index contributed by atoms with van der Waals surface area (Å²) in [5.41, 5.74) is 1.73. The van der Waals surface area contributed by atoms with Gasteiger partial charge in [-0.1, -0.05) is 60.7 Å². The van der Waals surface area contributed by atoms with Crippen molar-refractivity contribution in [1.82, 2.24) is 0 Å². The number of carbonyl (C=O) groups excluding carboxylic acids is 2. The largest absolute Gasteiger partial charge is 0.468 e. The first kappa shape index (κ1) is 16.0. The van der Waals surface area contributed by atoms with E-state index < -0.39 is 5.25 Å². The van der Waals surface area contributed by atoms with E-state index >= 15 is 0 Å². The maximum Gasteiger partial charge on any atom is 0.323 e. The van der Waals surface area contributed by atoms with Gasteiger partial charge in [-0.3, -0.25) is 9.59 Å². The Labute approximate surface area is 134 Å². The normalized spacial score (nSPS) is 12.5. The average Bonchev–Trinajstić information content (AvgIpc) is 2.59. The van der Waals surface area contributed by atoms with Crippen molar-refractivity contribution < 1.29 is 14.3 Å². The molecule has 4 heteroatoms. The first-order valence-electron chi connectivity index (χ1n) is 6.76. The maximum absolute atomic E-state index is 12.1. The summed E-state index contributed by atoms with van der Waals surface area (Å²) in [5.74, 6) is -0.344. The predicted octanol–water partition coefficient (Wildman–Crippen LogP) is 3.87. The molecule has 0 aliphatic carbocycles. The van der Waals surface area contributed by atoms with Crippen LogP contribution < -0.4 is 0 Å². The summed E-state index contributed by atoms with van der Waals surface area (Å²) in [6.45, 7) is 0. The fourth-order valence-electron chi connectivity index (χ4n) is 1.98. The Morgan fingerprint density at radius 3 is 2.18 bits per heavy atom. The van der Waals surface area contributed by atoms with E-state index in [1.807, 2.05) is 60.7 Å². The first-order chi connectivity index (χ1) is 10.8. The number of esters is 1. The third-order valence-electron chi connectivity index (χ3n) is 3.04. The zero-order chi connectivity index (χ0) is 15.8. The molecule has 1 atom stereocenters. The summed E-state index contributed by atoms with van der Waals surface area (Å²) in [7, 11) is 1.37. The lowest BCUT2D eigenvalue weighted by Gasteiger charge is -2.16. The third-order valence-corrected chi connectivity index (χ3v) is 4.37. The van der Waals surface area contributed by atoms with Gasteiger partial charge >= 0.3 is 5.97 Å². The summed E-state index contributed by atoms with van der Waals surface area (Å²) in [4.78, 5) is 23.8. The zero-order valence-electron chi connectivity index (χ0n) is 12.1. The van der Waals surface area contributed by atoms with Crippen LogP contribution in [0.15, 0.2) is 66.7 Å². The van der Waals surface area contributed by atoms with Crippen molar-refractivity contribution in [2.45, 2.75) is 5.25 Å². The minimum atomic E-state index is -0.516. The van der Waals surface area contributed by atoms with E-state index in [-0.39, 0.29) is 5.97 Å². The monoisotopic (exact) mass is 312 g/mol. The second-order valence-electron chi connectivity index (χ2n) is 4.46. The van der Waals surface area contributed by atoms with Gasteiger partial charge in [0.2, 0.25) is 0 Å². The molecule has 0 aromatic heterocycles. The zero-order valence-corrected chi connectivity index (χ0v) is 13.0. The number of rotatable bonds is 6. The lowest BCUT2D eigenvalue weighted by atomic mass is 10.1. The van der Waals surface area contributed by atoms with E-state index in [0.717, 1.165) is 22.3 Å². The Bertz CT molecular complexity index is 651. The highest BCUT2D eigenvalue weighted by atomic mass is 32.2. The number of allylic oxidation sites excluding steroid dienone is 1. The molecular weight excluding hydrogens is 296 g/mol. The Balaban J connectivity index is 2.34. The minimum Gasteiger partial charge on any atom is -0.468 e. The van der Waals surface area contributed by atoms with Crippen LogP contribution in [0.3, 0.4) is 0 Å². The summed E-state index contributed by atoms with van der Waals surface area (Å²) < 4.78 is 4.91. The van der Waals surface area contributed by atoms with Crippen molar-refractivity contribution in [1.29, 1.82) is 0 Å². The van der Waals surface area contributed by atoms with Gasteiger partial charge in [0.05, 0.1) is 7.11 Å². The van der Waals surface area contributed by atoms with Crippen LogP contribution in [0.1, 0.15) is 16.4 Å². The SMILES string of the molecule is COC(=O)C(S/C(=C\C=O)c1ccccc1)c1ccccc1. The second-order valence-corrected chi connectivity index (χ2v) is 5.61. The van der Waals surface area contributed by atoms with Gasteiger partial charge in [0.1, 0.15) is 11.5 Å². The second kappa shape index (κ2) is 8.20. The van der Waals surface area contributed by atoms with Crippen LogP contribution in [0.5, 0.6) is 0 Å². The molecular formula is C18H16O3S. The van der Waals surface area contributed by atoms with Gasteiger partial charge < -0.3 is 4.74 Å². The number of hydrogen-bond donors (Lipinski definition) is 0. The third kappa shape index (κ3) is 4.09. The van der Waals surface area contributed by atoms with Crippen molar-refractivity contribution >= 4 is 28.9 Å². The van der Waals surface area contributed by atoms with Gasteiger partial charge in [-0.05, 0) is 17.2 Å². The van der Waals surface area contributed by atoms with Crippen LogP contribution >= 0.6 is 11.8 Å². The van der Waals surface area contributed by atoms with Crippen molar-refractivity contribution in [3.63, 3.8) is 0 Å². The molecule has 0 saturated heterocycles. The molecule has 22 heavy (non-hydrogen) atoms. The molecule has 0 spiro atoms. The molecule has 2 aromatic carbocycles. The Morgan fingerprint density at radius 1 is 1.05 bits per heavy atom. The number of carbonyl (C=O) groups is 2. The number of benzene rings is 2. The molecule has 0 fully saturated rings. The summed E-state index contributed by atoms with van der Waals surface area (Å²) in [5, 5.41) is -0.516. The van der Waals surface area contributed by atoms with Crippen LogP contribution in [0.2, 0.25) is 0 Å². The van der Waals surface area contributed by atoms with Gasteiger partial charge in [-0.15, -0.1) is 11.8 Å². The molecule has 3 nitrogen and oxygen atoms in total. The fraction of sp³-hybridized carbons (Fsp3) is 0.111. The summed E-state index contributed by atoms with van der Waals surface area (Å²) in [6, 6.07) is 18.9. The Hall–Kier alpha value is -2.33. The number of methoxy groups -OCH3 is 1. The van der Waals surface area contributed by atoms with Gasteiger partial charge in [0, 0.05) is 4.91 Å². The Morgan fingerprint density at radius 2 is 1.64 bits per heavy atom. The van der Waals surface area contributed by atoms with E-state index in [9.17, 15) is 9.59 Å². The molecule has 0 heterocycles. The predicted molar refractivity (Wildman–Crippen MR) is 89.3 cm³/mol. The maximum atomic E-state index is 12.1. The van der Waals surface area contributed by atoms with Crippen molar-refractivity contribution in [2.24, 2.45) is 0 Å². The summed E-state index contributed by atoms with van der Waals surface area (Å²) >= 11 is 1.31. The molecule has 1 unspecified atom stereocenters. The molecule has 0 amide bonds. The standard InChI is InChI=1S/C18H16O3S/c1-21-18(20)17(15-10-6-3-7-11-15)22-16(12-13-19)14-8-4-2-5-9-14/h2-13,17H,1H3/b16-12-. The quantitative estimate of drug-likeness (QED) is 0.461. The van der Waals surface area contributed by atoms with Crippen LogP contribution in [0.4, 0.5) is 0 Å². The topological polar surface area (TPSA) is 43.4 Å². The number of hydrogen-bond acceptors (Lipinski definition) is 4. The number of aldehydes is 1. The van der Waals surface area contributed by atoms with Gasteiger partial charge in [0.15, 0.2) is 0 Å². The molecule has 0 aliphatic heterocycles. The molecule has 0 saturated carbocycles. The van der Waals surface area contributed by atoms with Crippen LogP contribution in [-0.2, 0) is 14.3 Å². The van der Waals surface area contributed by atoms with Crippen LogP contribution in [0.25, 0.3) is 4.91 Å². The lowest BCUT2D eigenvalue weighted by molar-refractivity contribution is -0.140. The molecule has 0 aliphatic rings. The first-order valence-corrected chi connectivity index (χ1v) is 7.64. The average molecular weight is 312 g/mol. The lowest BCUT2D eigenvalue weighted by Crippen LogP contribution is -2.11. The van der Waals surface area contributed by atoms with E-state index in [1.54, 1.807) is 0 Å². The van der Waals surface area contributed by atoms with E-state index in [2.05, 4.69) is 0 Å². The molecule has 112 valence electrons. The van der Waals surface area contributed by atoms with E-state index in [4.69, 9.17) is 4.74 Å². The molecule has 2 aromatic rings. The van der Waals surface area contributed by atoms with Crippen LogP contribution in [0, 0.1) is 0 Å². The molecule has 0 N–H and O–H groups in total. The van der Waals surface area contributed by atoms with E-state index in [0.29, 0.717) is 0 Å². The number of ether oxygens (including phenoxy) is 1. The number of thioether (sulfide) groups is 1. The molecule has 0 bridgehead atoms. The van der Waals surface area contributed by atoms with Gasteiger partial charge in [-0.2, -0.15) is 0 Å². The highest BCUT2D eigenvalue weighted by Gasteiger charge is 2.24. The van der Waals surface area contributed by atoms with Crippen molar-refractivity contribution in [2.75, 3.05) is 7.11 Å². The highest BCUT2D eigenvalue weighted by Crippen LogP contribution is 2.40. The van der Waals surface area contributed by atoms with Gasteiger partial charge in [0.25, 0.3) is 0 Å². The minimum absolute atomic E-state index is 0.344. The molecule has 2 rings (SSSR count). The van der Waals surface area contributed by atoms with Crippen molar-refractivity contribution in [3.05, 3.63) is 77.9 Å². The highest BCUT2D eigenvalue weighted by molar-refractivity contribution is 8.09. The summed E-state index contributed by atoms with van der Waals surface area (Å²) in [6.07, 6.45) is 2.20. The fourth-order valence-corrected chi connectivity index (χ4v) is 3.13. The van der Waals surface area contributed by atoms with Crippen molar-refractivity contribution in [3.8, 4) is 0 Å². The van der Waals surface area contributed by atoms with Gasteiger partial charge in [-0.25, -0.2) is 0 Å². The smallest absolute Gasteiger partial charge is 0.323 e. The molecule has 0 radical (unpaired) electrons. The Kier molecular flexibility index (Phi) is 5.98. The van der Waals surface area contributed by atoms with Crippen LogP contribution in [-0.4, -0.2) is 19.4 Å². The van der Waals surface area contributed by atoms with E-state index in [1.165, 1.54) is 24.9 Å².